The first kappa shape index (κ1) is 8.85. The SMILES string of the molecule is C=CCCC1C2=S3(=C(C3)C3C1C3C1C3CC31)C2. The van der Waals surface area contributed by atoms with Crippen LogP contribution in [0.5, 0.6) is 0 Å². The molecule has 3 aliphatic heterocycles. The lowest BCUT2D eigenvalue weighted by molar-refractivity contribution is 0.452. The van der Waals surface area contributed by atoms with Gasteiger partial charge in [-0.25, -0.2) is 0 Å². The first-order chi connectivity index (χ1) is 8.37. The van der Waals surface area contributed by atoms with E-state index in [1.807, 2.05) is 0 Å². The molecule has 7 unspecified atom stereocenters. The number of rotatable bonds is 4. The van der Waals surface area contributed by atoms with Gasteiger partial charge in [0.25, 0.3) is 0 Å². The summed E-state index contributed by atoms with van der Waals surface area (Å²) < 4.78 is 0. The van der Waals surface area contributed by atoms with Gasteiger partial charge in [-0.2, -0.15) is 9.21 Å². The van der Waals surface area contributed by atoms with Gasteiger partial charge in [0, 0.05) is 11.5 Å². The molecule has 3 heterocycles. The Morgan fingerprint density at radius 1 is 1.12 bits per heavy atom. The van der Waals surface area contributed by atoms with E-state index in [1.54, 1.807) is 17.9 Å². The van der Waals surface area contributed by atoms with Crippen molar-refractivity contribution in [1.82, 2.24) is 0 Å². The van der Waals surface area contributed by atoms with Crippen molar-refractivity contribution in [2.45, 2.75) is 19.3 Å². The largest absolute Gasteiger partial charge is 0.192 e. The second kappa shape index (κ2) is 2.31. The monoisotopic (exact) mass is 244 g/mol. The molecule has 3 saturated carbocycles. The zero-order chi connectivity index (χ0) is 10.9. The lowest BCUT2D eigenvalue weighted by Gasteiger charge is -2.14. The molecule has 0 bridgehead atoms. The molecule has 0 aromatic rings. The molecule has 0 N–H and O–H groups in total. The summed E-state index contributed by atoms with van der Waals surface area (Å²) in [6.45, 7) is 3.93. The van der Waals surface area contributed by atoms with E-state index >= 15 is 0 Å². The molecule has 1 spiro atoms. The van der Waals surface area contributed by atoms with Gasteiger partial charge in [0.05, 0.1) is 0 Å². The van der Waals surface area contributed by atoms with E-state index in [2.05, 4.69) is 22.4 Å². The van der Waals surface area contributed by atoms with Crippen molar-refractivity contribution in [3.8, 4) is 0 Å². The summed E-state index contributed by atoms with van der Waals surface area (Å²) >= 11 is 0. The highest BCUT2D eigenvalue weighted by molar-refractivity contribution is 8.45. The predicted octanol–water partition coefficient (Wildman–Crippen LogP) is 2.89. The van der Waals surface area contributed by atoms with Gasteiger partial charge in [-0.3, -0.25) is 0 Å². The van der Waals surface area contributed by atoms with Crippen molar-refractivity contribution in [2.24, 2.45) is 41.4 Å². The minimum atomic E-state index is -0.0788. The molecule has 0 aromatic heterocycles. The van der Waals surface area contributed by atoms with Crippen molar-refractivity contribution < 1.29 is 0 Å². The molecule has 3 aliphatic carbocycles. The highest BCUT2D eigenvalue weighted by Gasteiger charge is 2.78. The second-order valence-electron chi connectivity index (χ2n) is 7.40. The fourth-order valence-corrected chi connectivity index (χ4v) is 10.3. The highest BCUT2D eigenvalue weighted by atomic mass is 32.2. The quantitative estimate of drug-likeness (QED) is 0.527. The van der Waals surface area contributed by atoms with E-state index in [9.17, 15) is 0 Å². The molecule has 0 saturated heterocycles. The number of hydrogen-bond donors (Lipinski definition) is 0. The molecular formula is C16H20S. The molecule has 1 heteroatoms. The zero-order valence-electron chi connectivity index (χ0n) is 10.3. The molecule has 0 amide bonds. The molecule has 7 atom stereocenters. The van der Waals surface area contributed by atoms with Gasteiger partial charge in [-0.1, -0.05) is 6.08 Å². The summed E-state index contributed by atoms with van der Waals surface area (Å²) in [6, 6.07) is 0. The van der Waals surface area contributed by atoms with Gasteiger partial charge in [0.2, 0.25) is 0 Å². The lowest BCUT2D eigenvalue weighted by Crippen LogP contribution is -2.13. The van der Waals surface area contributed by atoms with Crippen molar-refractivity contribution in [3.05, 3.63) is 12.7 Å². The van der Waals surface area contributed by atoms with Gasteiger partial charge >= 0.3 is 0 Å². The molecule has 90 valence electrons. The Morgan fingerprint density at radius 2 is 1.94 bits per heavy atom. The van der Waals surface area contributed by atoms with E-state index in [0.717, 1.165) is 11.8 Å². The summed E-state index contributed by atoms with van der Waals surface area (Å²) in [5, 5.41) is 0. The number of fused-ring (bicyclic) bond motifs is 3. The van der Waals surface area contributed by atoms with Crippen molar-refractivity contribution in [1.29, 1.82) is 0 Å². The minimum absolute atomic E-state index is 0.0788. The lowest BCUT2D eigenvalue weighted by atomic mass is 9.91. The van der Waals surface area contributed by atoms with Crippen LogP contribution in [0, 0.1) is 41.4 Å². The maximum absolute atomic E-state index is 3.93. The van der Waals surface area contributed by atoms with Gasteiger partial charge in [-0.15, -0.1) is 6.58 Å². The van der Waals surface area contributed by atoms with Crippen LogP contribution in [0.3, 0.4) is 0 Å². The summed E-state index contributed by atoms with van der Waals surface area (Å²) in [7, 11) is -0.0788. The van der Waals surface area contributed by atoms with Crippen LogP contribution in [0.15, 0.2) is 12.7 Å². The summed E-state index contributed by atoms with van der Waals surface area (Å²) in [5.74, 6) is 11.5. The Morgan fingerprint density at radius 3 is 2.65 bits per heavy atom. The van der Waals surface area contributed by atoms with Crippen LogP contribution in [-0.2, 0) is 0 Å². The highest BCUT2D eigenvalue weighted by Crippen LogP contribution is 2.82. The van der Waals surface area contributed by atoms with E-state index in [1.165, 1.54) is 42.4 Å². The Labute approximate surface area is 104 Å². The van der Waals surface area contributed by atoms with Crippen LogP contribution in [0.1, 0.15) is 19.3 Å². The molecule has 0 nitrogen and oxygen atoms in total. The molecule has 0 radical (unpaired) electrons. The van der Waals surface area contributed by atoms with Crippen LogP contribution in [0.2, 0.25) is 0 Å². The maximum Gasteiger partial charge on any atom is 0.0109 e. The van der Waals surface area contributed by atoms with Gasteiger partial charge in [0.15, 0.2) is 0 Å². The van der Waals surface area contributed by atoms with Gasteiger partial charge in [0.1, 0.15) is 0 Å². The summed E-state index contributed by atoms with van der Waals surface area (Å²) in [6.07, 6.45) is 6.49. The van der Waals surface area contributed by atoms with Crippen molar-refractivity contribution >= 4 is 18.9 Å². The fourth-order valence-electron chi connectivity index (χ4n) is 5.65. The summed E-state index contributed by atoms with van der Waals surface area (Å²) in [4.78, 5) is 4.22. The fraction of sp³-hybridized carbons (Fsp3) is 0.750. The van der Waals surface area contributed by atoms with Crippen LogP contribution in [0.4, 0.5) is 0 Å². The smallest absolute Gasteiger partial charge is 0.0109 e. The van der Waals surface area contributed by atoms with Gasteiger partial charge < -0.3 is 0 Å². The molecule has 0 aromatic carbocycles. The first-order valence-corrected chi connectivity index (χ1v) is 9.45. The molecule has 3 fully saturated rings. The second-order valence-corrected chi connectivity index (χ2v) is 10.8. The third kappa shape index (κ3) is 0.846. The predicted molar refractivity (Wildman–Crippen MR) is 75.8 cm³/mol. The molecule has 6 aliphatic rings. The van der Waals surface area contributed by atoms with Gasteiger partial charge in [-0.05, 0) is 70.4 Å². The molecule has 17 heavy (non-hydrogen) atoms. The third-order valence-electron chi connectivity index (χ3n) is 6.85. The minimum Gasteiger partial charge on any atom is -0.192 e. The first-order valence-electron chi connectivity index (χ1n) is 7.48. The number of hydrogen-bond acceptors (Lipinski definition) is 0. The Balaban J connectivity index is 1.37. The molecular weight excluding hydrogens is 224 g/mol. The van der Waals surface area contributed by atoms with E-state index in [-0.39, 0.29) is 9.21 Å². The number of allylic oxidation sites excluding steroid dienone is 1. The van der Waals surface area contributed by atoms with E-state index in [4.69, 9.17) is 0 Å². The van der Waals surface area contributed by atoms with Crippen molar-refractivity contribution in [3.63, 3.8) is 0 Å². The van der Waals surface area contributed by atoms with Crippen molar-refractivity contribution in [2.75, 3.05) is 11.5 Å². The molecule has 6 rings (SSSR count). The average Bonchev–Trinajstić information content (AvgIpc) is 3.14. The van der Waals surface area contributed by atoms with E-state index in [0.29, 0.717) is 0 Å². The Hall–Kier alpha value is -0.170. The van der Waals surface area contributed by atoms with E-state index < -0.39 is 0 Å². The Kier molecular flexibility index (Phi) is 1.20. The summed E-state index contributed by atoms with van der Waals surface area (Å²) in [5.41, 5.74) is 0. The van der Waals surface area contributed by atoms with Crippen LogP contribution in [0.25, 0.3) is 0 Å². The Bertz CT molecular complexity index is 593. The normalized spacial score (nSPS) is 66.2. The van der Waals surface area contributed by atoms with Crippen LogP contribution in [-0.4, -0.2) is 21.2 Å². The topological polar surface area (TPSA) is 0 Å². The standard InChI is InChI=1S/C16H20S/c1-2-3-4-8-11-6-17(11)7-12(17)15-14(8)16(15)13-9-5-10(9)13/h2,8-10,13-16H,1,3-7H2. The zero-order valence-corrected chi connectivity index (χ0v) is 11.1. The maximum atomic E-state index is 3.93. The van der Waals surface area contributed by atoms with Crippen LogP contribution < -0.4 is 0 Å². The average molecular weight is 244 g/mol. The van der Waals surface area contributed by atoms with Crippen LogP contribution >= 0.6 is 9.21 Å². The third-order valence-corrected chi connectivity index (χ3v) is 10.6.